The van der Waals surface area contributed by atoms with Gasteiger partial charge in [0.05, 0.1) is 12.6 Å². The first-order chi connectivity index (χ1) is 4.93. The summed E-state index contributed by atoms with van der Waals surface area (Å²) in [5.41, 5.74) is 0. The molecular weight excluding hydrogens is 142 g/mol. The van der Waals surface area contributed by atoms with Gasteiger partial charge in [0.1, 0.15) is 0 Å². The molecule has 0 unspecified atom stereocenters. The highest BCUT2D eigenvalue weighted by molar-refractivity contribution is 7.80. The highest BCUT2D eigenvalue weighted by Gasteiger charge is 2.14. The topological polar surface area (TPSA) is 16.6 Å². The molecule has 0 spiro atoms. The van der Waals surface area contributed by atoms with Crippen molar-refractivity contribution >= 4 is 12.6 Å². The van der Waals surface area contributed by atoms with Crippen LogP contribution < -0.4 is 5.32 Å². The minimum absolute atomic E-state index is 0.931. The van der Waals surface area contributed by atoms with E-state index in [4.69, 9.17) is 0 Å². The van der Waals surface area contributed by atoms with Crippen LogP contribution in [0.5, 0.6) is 0 Å². The number of nitrogens with two attached hydrogens (primary N) is 1. The Hall–Kier alpha value is 0.310. The van der Waals surface area contributed by atoms with E-state index in [2.05, 4.69) is 17.9 Å². The van der Waals surface area contributed by atoms with Crippen LogP contribution in [-0.2, 0) is 0 Å². The van der Waals surface area contributed by atoms with Crippen molar-refractivity contribution in [1.82, 2.24) is 0 Å². The lowest BCUT2D eigenvalue weighted by Crippen LogP contribution is -2.90. The molecule has 0 heterocycles. The Morgan fingerprint density at radius 1 is 1.20 bits per heavy atom. The van der Waals surface area contributed by atoms with Crippen LogP contribution in [0, 0.1) is 0 Å². The highest BCUT2D eigenvalue weighted by Crippen LogP contribution is 2.14. The second-order valence-electron chi connectivity index (χ2n) is 3.15. The smallest absolute Gasteiger partial charge is 0.0859 e. The molecule has 1 aliphatic carbocycles. The van der Waals surface area contributed by atoms with Crippen molar-refractivity contribution in [2.45, 2.75) is 38.1 Å². The summed E-state index contributed by atoms with van der Waals surface area (Å²) in [5, 5.41) is 2.46. The Balaban J connectivity index is 2.02. The molecule has 2 heteroatoms. The predicted octanol–water partition coefficient (Wildman–Crippen LogP) is 0.812. The largest absolute Gasteiger partial charge is 0.343 e. The summed E-state index contributed by atoms with van der Waals surface area (Å²) in [6.45, 7) is 1.20. The van der Waals surface area contributed by atoms with Crippen LogP contribution in [0.15, 0.2) is 0 Å². The Morgan fingerprint density at radius 3 is 2.50 bits per heavy atom. The third kappa shape index (κ3) is 2.93. The standard InChI is InChI=1S/C8H17NS/c10-7-6-9-8-4-2-1-3-5-8/h8-10H,1-7H2/p+1. The first-order valence-corrected chi connectivity index (χ1v) is 5.01. The van der Waals surface area contributed by atoms with Gasteiger partial charge >= 0.3 is 0 Å². The average Bonchev–Trinajstić information content (AvgIpc) is 2.03. The summed E-state index contributed by atoms with van der Waals surface area (Å²) in [6, 6.07) is 0.931. The lowest BCUT2D eigenvalue weighted by atomic mass is 9.96. The van der Waals surface area contributed by atoms with Gasteiger partial charge in [-0.3, -0.25) is 0 Å². The quantitative estimate of drug-likeness (QED) is 0.569. The zero-order valence-electron chi connectivity index (χ0n) is 6.55. The summed E-state index contributed by atoms with van der Waals surface area (Å²) in [7, 11) is 0. The van der Waals surface area contributed by atoms with Crippen molar-refractivity contribution in [2.75, 3.05) is 12.3 Å². The Labute approximate surface area is 69.0 Å². The molecule has 1 saturated carbocycles. The number of rotatable bonds is 3. The number of hydrogen-bond acceptors (Lipinski definition) is 1. The van der Waals surface area contributed by atoms with Crippen LogP contribution in [0.25, 0.3) is 0 Å². The van der Waals surface area contributed by atoms with Crippen molar-refractivity contribution in [2.24, 2.45) is 0 Å². The molecule has 1 aliphatic rings. The Morgan fingerprint density at radius 2 is 1.90 bits per heavy atom. The van der Waals surface area contributed by atoms with Crippen molar-refractivity contribution in [3.8, 4) is 0 Å². The minimum atomic E-state index is 0.931. The third-order valence-electron chi connectivity index (χ3n) is 2.28. The van der Waals surface area contributed by atoms with E-state index in [9.17, 15) is 0 Å². The van der Waals surface area contributed by atoms with E-state index in [1.165, 1.54) is 38.6 Å². The van der Waals surface area contributed by atoms with Gasteiger partial charge in [-0.15, -0.1) is 0 Å². The molecule has 0 amide bonds. The van der Waals surface area contributed by atoms with Gasteiger partial charge in [-0.2, -0.15) is 12.6 Å². The minimum Gasteiger partial charge on any atom is -0.343 e. The van der Waals surface area contributed by atoms with Gasteiger partial charge in [0, 0.05) is 5.75 Å². The molecule has 0 saturated heterocycles. The zero-order valence-corrected chi connectivity index (χ0v) is 7.45. The predicted molar refractivity (Wildman–Crippen MR) is 47.5 cm³/mol. The van der Waals surface area contributed by atoms with Gasteiger partial charge in [0.15, 0.2) is 0 Å². The van der Waals surface area contributed by atoms with Crippen LogP contribution in [0.1, 0.15) is 32.1 Å². The molecule has 0 aromatic heterocycles. The number of quaternary nitrogens is 1. The molecule has 0 atom stereocenters. The van der Waals surface area contributed by atoms with Crippen molar-refractivity contribution < 1.29 is 5.32 Å². The van der Waals surface area contributed by atoms with E-state index in [1.807, 2.05) is 0 Å². The molecule has 0 aromatic rings. The molecule has 60 valence electrons. The Bertz CT molecular complexity index is 79.3. The fraction of sp³-hybridized carbons (Fsp3) is 1.00. The number of hydrogen-bond donors (Lipinski definition) is 2. The van der Waals surface area contributed by atoms with Crippen molar-refractivity contribution in [3.05, 3.63) is 0 Å². The molecular formula is C8H18NS+. The van der Waals surface area contributed by atoms with E-state index in [0.29, 0.717) is 0 Å². The highest BCUT2D eigenvalue weighted by atomic mass is 32.1. The molecule has 10 heavy (non-hydrogen) atoms. The lowest BCUT2D eigenvalue weighted by Gasteiger charge is -2.19. The van der Waals surface area contributed by atoms with Crippen molar-refractivity contribution in [1.29, 1.82) is 0 Å². The second kappa shape index (κ2) is 5.03. The van der Waals surface area contributed by atoms with Gasteiger partial charge in [0.25, 0.3) is 0 Å². The van der Waals surface area contributed by atoms with Crippen LogP contribution >= 0.6 is 12.6 Å². The molecule has 0 radical (unpaired) electrons. The molecule has 1 rings (SSSR count). The Kier molecular flexibility index (Phi) is 4.23. The third-order valence-corrected chi connectivity index (χ3v) is 2.54. The van der Waals surface area contributed by atoms with E-state index in [-0.39, 0.29) is 0 Å². The summed E-state index contributed by atoms with van der Waals surface area (Å²) in [5.74, 6) is 1.02. The van der Waals surface area contributed by atoms with Crippen LogP contribution in [0.2, 0.25) is 0 Å². The van der Waals surface area contributed by atoms with E-state index in [1.54, 1.807) is 0 Å². The summed E-state index contributed by atoms with van der Waals surface area (Å²) >= 11 is 4.19. The molecule has 2 N–H and O–H groups in total. The SMILES string of the molecule is SCC[NH2+]C1CCCCC1. The van der Waals surface area contributed by atoms with Crippen molar-refractivity contribution in [3.63, 3.8) is 0 Å². The molecule has 1 nitrogen and oxygen atoms in total. The molecule has 1 fully saturated rings. The van der Waals surface area contributed by atoms with Crippen LogP contribution in [0.4, 0.5) is 0 Å². The fourth-order valence-electron chi connectivity index (χ4n) is 1.68. The van der Waals surface area contributed by atoms with E-state index in [0.717, 1.165) is 11.8 Å². The second-order valence-corrected chi connectivity index (χ2v) is 3.59. The van der Waals surface area contributed by atoms with Gasteiger partial charge < -0.3 is 5.32 Å². The summed E-state index contributed by atoms with van der Waals surface area (Å²) in [4.78, 5) is 0. The van der Waals surface area contributed by atoms with Gasteiger partial charge in [-0.25, -0.2) is 0 Å². The lowest BCUT2D eigenvalue weighted by molar-refractivity contribution is -0.688. The molecule has 0 aromatic carbocycles. The summed E-state index contributed by atoms with van der Waals surface area (Å²) in [6.07, 6.45) is 7.24. The van der Waals surface area contributed by atoms with E-state index < -0.39 is 0 Å². The van der Waals surface area contributed by atoms with Gasteiger partial charge in [-0.1, -0.05) is 6.42 Å². The molecule has 0 aliphatic heterocycles. The first-order valence-electron chi connectivity index (χ1n) is 4.37. The monoisotopic (exact) mass is 160 g/mol. The normalized spacial score (nSPS) is 21.3. The van der Waals surface area contributed by atoms with Crippen LogP contribution in [0.3, 0.4) is 0 Å². The summed E-state index contributed by atoms with van der Waals surface area (Å²) < 4.78 is 0. The average molecular weight is 160 g/mol. The van der Waals surface area contributed by atoms with Gasteiger partial charge in [0.2, 0.25) is 0 Å². The first kappa shape index (κ1) is 8.41. The number of thiol groups is 1. The van der Waals surface area contributed by atoms with Crippen LogP contribution in [-0.4, -0.2) is 18.3 Å². The maximum atomic E-state index is 4.19. The maximum absolute atomic E-state index is 4.19. The maximum Gasteiger partial charge on any atom is 0.0859 e. The zero-order chi connectivity index (χ0) is 7.23. The molecule has 0 bridgehead atoms. The fourth-order valence-corrected chi connectivity index (χ4v) is 1.83. The van der Waals surface area contributed by atoms with Gasteiger partial charge in [-0.05, 0) is 25.7 Å². The van der Waals surface area contributed by atoms with E-state index >= 15 is 0 Å².